The van der Waals surface area contributed by atoms with E-state index in [9.17, 15) is 0 Å². The number of morpholine rings is 1. The van der Waals surface area contributed by atoms with Crippen LogP contribution in [-0.2, 0) is 4.74 Å². The highest BCUT2D eigenvalue weighted by Crippen LogP contribution is 2.22. The molecule has 0 atom stereocenters. The van der Waals surface area contributed by atoms with Crippen LogP contribution in [0.25, 0.3) is 0 Å². The van der Waals surface area contributed by atoms with E-state index in [1.165, 1.54) is 0 Å². The number of ether oxygens (including phenoxy) is 2. The summed E-state index contributed by atoms with van der Waals surface area (Å²) in [5, 5.41) is 11.9. The van der Waals surface area contributed by atoms with Crippen molar-refractivity contribution < 1.29 is 14.7 Å². The highest BCUT2D eigenvalue weighted by molar-refractivity contribution is 6.34. The lowest BCUT2D eigenvalue weighted by Gasteiger charge is -2.26. The van der Waals surface area contributed by atoms with Gasteiger partial charge in [0, 0.05) is 25.2 Å². The first-order valence-electron chi connectivity index (χ1n) is 6.41. The van der Waals surface area contributed by atoms with E-state index in [-0.39, 0.29) is 5.84 Å². The molecule has 0 aliphatic carbocycles. The molecule has 1 aliphatic heterocycles. The average molecular weight is 300 g/mol. The van der Waals surface area contributed by atoms with Crippen molar-refractivity contribution in [2.45, 2.75) is 0 Å². The van der Waals surface area contributed by atoms with Crippen LogP contribution in [0.2, 0.25) is 5.02 Å². The Morgan fingerprint density at radius 2 is 2.20 bits per heavy atom. The van der Waals surface area contributed by atoms with Crippen LogP contribution < -0.4 is 10.5 Å². The monoisotopic (exact) mass is 299 g/mol. The largest absolute Gasteiger partial charge is 0.492 e. The van der Waals surface area contributed by atoms with Gasteiger partial charge in [0.2, 0.25) is 0 Å². The van der Waals surface area contributed by atoms with E-state index < -0.39 is 0 Å². The minimum atomic E-state index is -0.0186. The Hall–Kier alpha value is -1.50. The molecule has 1 heterocycles. The van der Waals surface area contributed by atoms with Gasteiger partial charge in [0.1, 0.15) is 12.4 Å². The molecule has 0 unspecified atom stereocenters. The quantitative estimate of drug-likeness (QED) is 0.369. The fourth-order valence-corrected chi connectivity index (χ4v) is 2.23. The number of nitrogens with zero attached hydrogens (tertiary/aromatic N) is 2. The number of hydrogen-bond acceptors (Lipinski definition) is 5. The molecule has 0 saturated carbocycles. The maximum Gasteiger partial charge on any atom is 0.171 e. The summed E-state index contributed by atoms with van der Waals surface area (Å²) in [6, 6.07) is 5.08. The summed E-state index contributed by atoms with van der Waals surface area (Å²) < 4.78 is 10.9. The molecule has 0 amide bonds. The lowest BCUT2D eigenvalue weighted by atomic mass is 10.2. The van der Waals surface area contributed by atoms with Crippen molar-refractivity contribution >= 4 is 17.4 Å². The molecule has 0 aromatic heterocycles. The molecule has 0 bridgehead atoms. The van der Waals surface area contributed by atoms with Gasteiger partial charge >= 0.3 is 0 Å². The average Bonchev–Trinajstić information content (AvgIpc) is 2.48. The van der Waals surface area contributed by atoms with E-state index in [0.717, 1.165) is 32.8 Å². The molecule has 1 aromatic rings. The highest BCUT2D eigenvalue weighted by atomic mass is 35.5. The Balaban J connectivity index is 1.85. The van der Waals surface area contributed by atoms with Gasteiger partial charge in [0.25, 0.3) is 0 Å². The number of amidine groups is 1. The Morgan fingerprint density at radius 1 is 1.45 bits per heavy atom. The van der Waals surface area contributed by atoms with E-state index in [0.29, 0.717) is 22.9 Å². The van der Waals surface area contributed by atoms with Crippen molar-refractivity contribution in [2.75, 3.05) is 39.5 Å². The summed E-state index contributed by atoms with van der Waals surface area (Å²) in [4.78, 5) is 2.29. The number of nitrogens with two attached hydrogens (primary N) is 1. The van der Waals surface area contributed by atoms with Gasteiger partial charge in [-0.2, -0.15) is 0 Å². The minimum absolute atomic E-state index is 0.0186. The maximum absolute atomic E-state index is 8.62. The maximum atomic E-state index is 8.62. The summed E-state index contributed by atoms with van der Waals surface area (Å²) in [6.07, 6.45) is 0. The van der Waals surface area contributed by atoms with Crippen molar-refractivity contribution in [2.24, 2.45) is 10.9 Å². The van der Waals surface area contributed by atoms with Crippen LogP contribution in [0.1, 0.15) is 5.56 Å². The smallest absolute Gasteiger partial charge is 0.171 e. The first-order chi connectivity index (χ1) is 9.70. The van der Waals surface area contributed by atoms with Gasteiger partial charge < -0.3 is 20.4 Å². The summed E-state index contributed by atoms with van der Waals surface area (Å²) in [5.41, 5.74) is 5.98. The lowest BCUT2D eigenvalue weighted by Crippen LogP contribution is -2.38. The van der Waals surface area contributed by atoms with Crippen molar-refractivity contribution in [1.29, 1.82) is 0 Å². The standard InChI is InChI=1S/C13H18ClN3O3/c14-12-9-10(1-2-11(12)13(15)16-18)20-8-5-17-3-6-19-7-4-17/h1-2,9,18H,3-8H2,(H2,15,16). The third-order valence-corrected chi connectivity index (χ3v) is 3.42. The van der Waals surface area contributed by atoms with E-state index in [2.05, 4.69) is 10.1 Å². The zero-order valence-corrected chi connectivity index (χ0v) is 11.8. The van der Waals surface area contributed by atoms with Crippen molar-refractivity contribution in [1.82, 2.24) is 4.90 Å². The summed E-state index contributed by atoms with van der Waals surface area (Å²) in [6.45, 7) is 4.86. The van der Waals surface area contributed by atoms with Gasteiger partial charge in [0.05, 0.1) is 18.2 Å². The van der Waals surface area contributed by atoms with Crippen molar-refractivity contribution in [3.05, 3.63) is 28.8 Å². The topological polar surface area (TPSA) is 80.3 Å². The summed E-state index contributed by atoms with van der Waals surface area (Å²) >= 11 is 6.05. The SMILES string of the molecule is N/C(=N/O)c1ccc(OCCN2CCOCC2)cc1Cl. The molecule has 3 N–H and O–H groups in total. The Labute approximate surface area is 122 Å². The van der Waals surface area contributed by atoms with Gasteiger partial charge in [-0.1, -0.05) is 16.8 Å². The second kappa shape index (κ2) is 7.33. The molecule has 20 heavy (non-hydrogen) atoms. The third-order valence-electron chi connectivity index (χ3n) is 3.10. The molecule has 7 heteroatoms. The van der Waals surface area contributed by atoms with Crippen molar-refractivity contribution in [3.63, 3.8) is 0 Å². The minimum Gasteiger partial charge on any atom is -0.492 e. The molecule has 110 valence electrons. The van der Waals surface area contributed by atoms with Crippen molar-refractivity contribution in [3.8, 4) is 5.75 Å². The number of oxime groups is 1. The molecular formula is C13H18ClN3O3. The van der Waals surface area contributed by atoms with Crippen LogP contribution in [-0.4, -0.2) is 55.4 Å². The van der Waals surface area contributed by atoms with Gasteiger partial charge in [-0.05, 0) is 18.2 Å². The second-order valence-electron chi connectivity index (χ2n) is 4.43. The van der Waals surface area contributed by atoms with E-state index >= 15 is 0 Å². The molecule has 1 aliphatic rings. The van der Waals surface area contributed by atoms with Crippen LogP contribution >= 0.6 is 11.6 Å². The predicted molar refractivity (Wildman–Crippen MR) is 76.7 cm³/mol. The molecular weight excluding hydrogens is 282 g/mol. The number of benzene rings is 1. The normalized spacial score (nSPS) is 17.1. The van der Waals surface area contributed by atoms with Gasteiger partial charge in [-0.25, -0.2) is 0 Å². The highest BCUT2D eigenvalue weighted by Gasteiger charge is 2.10. The molecule has 0 spiro atoms. The van der Waals surface area contributed by atoms with Gasteiger partial charge in [-0.15, -0.1) is 0 Å². The molecule has 1 saturated heterocycles. The van der Waals surface area contributed by atoms with Gasteiger partial charge in [0.15, 0.2) is 5.84 Å². The van der Waals surface area contributed by atoms with E-state index in [1.54, 1.807) is 18.2 Å². The number of hydrogen-bond donors (Lipinski definition) is 2. The first kappa shape index (κ1) is 14.9. The molecule has 6 nitrogen and oxygen atoms in total. The van der Waals surface area contributed by atoms with Crippen LogP contribution in [0.5, 0.6) is 5.75 Å². The fourth-order valence-electron chi connectivity index (χ4n) is 1.96. The van der Waals surface area contributed by atoms with Crippen LogP contribution in [0.3, 0.4) is 0 Å². The first-order valence-corrected chi connectivity index (χ1v) is 6.79. The van der Waals surface area contributed by atoms with Crippen LogP contribution in [0, 0.1) is 0 Å². The van der Waals surface area contributed by atoms with E-state index in [4.69, 9.17) is 32.0 Å². The Kier molecular flexibility index (Phi) is 5.46. The zero-order chi connectivity index (χ0) is 14.4. The van der Waals surface area contributed by atoms with Crippen LogP contribution in [0.15, 0.2) is 23.4 Å². The summed E-state index contributed by atoms with van der Waals surface area (Å²) in [7, 11) is 0. The Bertz CT molecular complexity index is 476. The third kappa shape index (κ3) is 4.00. The number of halogens is 1. The van der Waals surface area contributed by atoms with E-state index in [1.807, 2.05) is 0 Å². The second-order valence-corrected chi connectivity index (χ2v) is 4.84. The lowest BCUT2D eigenvalue weighted by molar-refractivity contribution is 0.0322. The zero-order valence-electron chi connectivity index (χ0n) is 11.1. The Morgan fingerprint density at radius 3 is 2.85 bits per heavy atom. The van der Waals surface area contributed by atoms with Crippen LogP contribution in [0.4, 0.5) is 0 Å². The number of rotatable bonds is 5. The predicted octanol–water partition coefficient (Wildman–Crippen LogP) is 1.15. The molecule has 1 aromatic carbocycles. The summed E-state index contributed by atoms with van der Waals surface area (Å²) in [5.74, 6) is 0.646. The molecule has 2 rings (SSSR count). The molecule has 0 radical (unpaired) electrons. The van der Waals surface area contributed by atoms with Gasteiger partial charge in [-0.3, -0.25) is 4.90 Å². The fraction of sp³-hybridized carbons (Fsp3) is 0.462. The molecule has 1 fully saturated rings.